The number of phenols is 1. The summed E-state index contributed by atoms with van der Waals surface area (Å²) in [6.45, 7) is 6.00. The number of benzene rings is 1. The molecule has 0 saturated heterocycles. The van der Waals surface area contributed by atoms with E-state index in [1.165, 1.54) is 0 Å². The predicted octanol–water partition coefficient (Wildman–Crippen LogP) is 4.30. The summed E-state index contributed by atoms with van der Waals surface area (Å²) in [5, 5.41) is 22.3. The number of rotatable bonds is 5. The van der Waals surface area contributed by atoms with Gasteiger partial charge in [0.05, 0.1) is 11.4 Å². The Hall–Kier alpha value is -2.40. The zero-order chi connectivity index (χ0) is 18.6. The molecule has 3 N–H and O–H groups in total. The van der Waals surface area contributed by atoms with E-state index in [4.69, 9.17) is 17.0 Å². The first kappa shape index (κ1) is 18.9. The molecule has 0 fully saturated rings. The van der Waals surface area contributed by atoms with Crippen molar-refractivity contribution in [3.63, 3.8) is 0 Å². The molecule has 132 valence electrons. The van der Waals surface area contributed by atoms with Crippen LogP contribution in [0.4, 0.5) is 5.69 Å². The van der Waals surface area contributed by atoms with Gasteiger partial charge in [0, 0.05) is 12.0 Å². The van der Waals surface area contributed by atoms with Crippen LogP contribution >= 0.6 is 11.6 Å². The van der Waals surface area contributed by atoms with Crippen LogP contribution in [-0.4, -0.2) is 21.8 Å². The summed E-state index contributed by atoms with van der Waals surface area (Å²) >= 11 is 5.44. The fraction of sp³-hybridized carbons (Fsp3) is 0.316. The van der Waals surface area contributed by atoms with Crippen molar-refractivity contribution in [1.29, 1.82) is 5.41 Å². The Morgan fingerprint density at radius 3 is 2.56 bits per heavy atom. The molecule has 25 heavy (non-hydrogen) atoms. The molecule has 1 aliphatic rings. The molecule has 5 nitrogen and oxygen atoms in total. The zero-order valence-electron chi connectivity index (χ0n) is 14.6. The molecule has 0 aliphatic heterocycles. The summed E-state index contributed by atoms with van der Waals surface area (Å²) in [6.07, 6.45) is 7.62. The van der Waals surface area contributed by atoms with E-state index in [9.17, 15) is 9.90 Å². The molecular weight excluding hydrogens is 338 g/mol. The highest BCUT2D eigenvalue weighted by molar-refractivity contribution is 6.63. The van der Waals surface area contributed by atoms with Gasteiger partial charge in [-0.05, 0) is 47.2 Å². The van der Waals surface area contributed by atoms with Gasteiger partial charge in [-0.3, -0.25) is 15.6 Å². The lowest BCUT2D eigenvalue weighted by Gasteiger charge is -2.23. The highest BCUT2D eigenvalue weighted by Crippen LogP contribution is 2.37. The molecule has 0 unspecified atom stereocenters. The molecule has 6 heteroatoms. The van der Waals surface area contributed by atoms with E-state index in [0.717, 1.165) is 11.1 Å². The number of phenolic OH excluding ortho intramolecular Hbond substituents is 1. The van der Waals surface area contributed by atoms with Gasteiger partial charge in [0.1, 0.15) is 11.5 Å². The first-order valence-electron chi connectivity index (χ1n) is 8.00. The van der Waals surface area contributed by atoms with Gasteiger partial charge in [-0.1, -0.05) is 39.0 Å². The minimum atomic E-state index is -0.396. The number of aromatic hydroxyl groups is 1. The third-order valence-corrected chi connectivity index (χ3v) is 3.98. The van der Waals surface area contributed by atoms with Crippen LogP contribution in [0.25, 0.3) is 0 Å². The van der Waals surface area contributed by atoms with E-state index in [2.05, 4.69) is 10.5 Å². The SMILES string of the molecule is CC(C)(C)c1cc(CCC(=O)Cl)cc(N/N=C2/C=CC=CC2=N)c1O. The molecule has 0 aromatic heterocycles. The number of anilines is 1. The summed E-state index contributed by atoms with van der Waals surface area (Å²) in [7, 11) is 0. The monoisotopic (exact) mass is 359 g/mol. The second-order valence-electron chi connectivity index (χ2n) is 6.89. The molecule has 0 radical (unpaired) electrons. The smallest absolute Gasteiger partial charge is 0.221 e. The minimum Gasteiger partial charge on any atom is -0.505 e. The van der Waals surface area contributed by atoms with Gasteiger partial charge in [-0.25, -0.2) is 0 Å². The van der Waals surface area contributed by atoms with Gasteiger partial charge in [0.2, 0.25) is 5.24 Å². The summed E-state index contributed by atoms with van der Waals surface area (Å²) in [4.78, 5) is 11.1. The molecular formula is C19H22ClN3O2. The van der Waals surface area contributed by atoms with Crippen molar-refractivity contribution in [2.45, 2.75) is 39.0 Å². The van der Waals surface area contributed by atoms with Gasteiger partial charge in [0.15, 0.2) is 0 Å². The van der Waals surface area contributed by atoms with Crippen LogP contribution in [0.15, 0.2) is 41.5 Å². The number of nitrogens with one attached hydrogen (secondary N) is 2. The van der Waals surface area contributed by atoms with Crippen LogP contribution in [0.1, 0.15) is 38.3 Å². The Morgan fingerprint density at radius 2 is 1.96 bits per heavy atom. The molecule has 2 rings (SSSR count). The summed E-state index contributed by atoms with van der Waals surface area (Å²) in [5.74, 6) is 0.111. The van der Waals surface area contributed by atoms with Crippen molar-refractivity contribution in [1.82, 2.24) is 0 Å². The third kappa shape index (κ3) is 5.03. The predicted molar refractivity (Wildman–Crippen MR) is 103 cm³/mol. The second-order valence-corrected chi connectivity index (χ2v) is 7.31. The van der Waals surface area contributed by atoms with Gasteiger partial charge in [-0.15, -0.1) is 0 Å². The molecule has 1 aromatic carbocycles. The Labute approximate surface area is 152 Å². The average molecular weight is 360 g/mol. The lowest BCUT2D eigenvalue weighted by molar-refractivity contribution is -0.111. The van der Waals surface area contributed by atoms with E-state index in [0.29, 0.717) is 17.8 Å². The van der Waals surface area contributed by atoms with E-state index in [1.807, 2.05) is 26.8 Å². The van der Waals surface area contributed by atoms with Gasteiger partial charge < -0.3 is 5.11 Å². The molecule has 0 heterocycles. The maximum Gasteiger partial charge on any atom is 0.221 e. The fourth-order valence-corrected chi connectivity index (χ4v) is 2.52. The fourth-order valence-electron chi connectivity index (χ4n) is 2.43. The third-order valence-electron chi connectivity index (χ3n) is 3.79. The zero-order valence-corrected chi connectivity index (χ0v) is 15.3. The largest absolute Gasteiger partial charge is 0.505 e. The lowest BCUT2D eigenvalue weighted by Crippen LogP contribution is -2.14. The lowest BCUT2D eigenvalue weighted by atomic mass is 9.84. The molecule has 1 aliphatic carbocycles. The highest BCUT2D eigenvalue weighted by Gasteiger charge is 2.21. The number of hydrogen-bond acceptors (Lipinski definition) is 5. The number of carbonyl (C=O) groups excluding carboxylic acids is 1. The first-order chi connectivity index (χ1) is 11.7. The summed E-state index contributed by atoms with van der Waals surface area (Å²) in [5.41, 5.74) is 5.40. The molecule has 0 amide bonds. The van der Waals surface area contributed by atoms with Crippen molar-refractivity contribution < 1.29 is 9.90 Å². The Balaban J connectivity index is 2.38. The minimum absolute atomic E-state index is 0.111. The van der Waals surface area contributed by atoms with Gasteiger partial charge in [0.25, 0.3) is 0 Å². The van der Waals surface area contributed by atoms with E-state index in [1.54, 1.807) is 30.4 Å². The summed E-state index contributed by atoms with van der Waals surface area (Å²) < 4.78 is 0. The molecule has 0 atom stereocenters. The Morgan fingerprint density at radius 1 is 1.28 bits per heavy atom. The first-order valence-corrected chi connectivity index (χ1v) is 8.38. The highest BCUT2D eigenvalue weighted by atomic mass is 35.5. The Kier molecular flexibility index (Phi) is 5.80. The maximum atomic E-state index is 11.1. The van der Waals surface area contributed by atoms with Crippen LogP contribution in [0.2, 0.25) is 0 Å². The number of hydrogen-bond donors (Lipinski definition) is 3. The van der Waals surface area contributed by atoms with Crippen molar-refractivity contribution in [2.75, 3.05) is 5.43 Å². The number of hydrazone groups is 1. The van der Waals surface area contributed by atoms with E-state index >= 15 is 0 Å². The number of carbonyl (C=O) groups is 1. The number of allylic oxidation sites excluding steroid dienone is 4. The second kappa shape index (κ2) is 7.66. The van der Waals surface area contributed by atoms with Crippen LogP contribution in [-0.2, 0) is 16.6 Å². The number of aryl methyl sites for hydroxylation is 1. The quantitative estimate of drug-likeness (QED) is 0.317. The van der Waals surface area contributed by atoms with Gasteiger partial charge in [-0.2, -0.15) is 5.10 Å². The molecule has 1 aromatic rings. The number of halogens is 1. The van der Waals surface area contributed by atoms with Crippen LogP contribution < -0.4 is 5.43 Å². The standard InChI is InChI=1S/C19H22ClN3O2/c1-19(2,3)13-10-12(8-9-17(20)24)11-16(18(13)25)23-22-15-7-5-4-6-14(15)21/h4-7,10-11,21,23,25H,8-9H2,1-3H3/b21-14?,22-15-. The summed E-state index contributed by atoms with van der Waals surface area (Å²) in [6, 6.07) is 3.64. The van der Waals surface area contributed by atoms with E-state index in [-0.39, 0.29) is 23.3 Å². The topological polar surface area (TPSA) is 85.5 Å². The number of nitrogens with zero attached hydrogens (tertiary/aromatic N) is 1. The van der Waals surface area contributed by atoms with Crippen molar-refractivity contribution in [2.24, 2.45) is 5.10 Å². The maximum absolute atomic E-state index is 11.1. The van der Waals surface area contributed by atoms with Crippen LogP contribution in [0.5, 0.6) is 5.75 Å². The van der Waals surface area contributed by atoms with Crippen molar-refractivity contribution >= 4 is 34.0 Å². The molecule has 0 spiro atoms. The van der Waals surface area contributed by atoms with Gasteiger partial charge >= 0.3 is 0 Å². The Bertz CT molecular complexity index is 787. The van der Waals surface area contributed by atoms with E-state index < -0.39 is 5.24 Å². The molecule has 0 saturated carbocycles. The average Bonchev–Trinajstić information content (AvgIpc) is 2.52. The normalized spacial score (nSPS) is 15.7. The molecule has 0 bridgehead atoms. The van der Waals surface area contributed by atoms with Crippen LogP contribution in [0, 0.1) is 5.41 Å². The van der Waals surface area contributed by atoms with Crippen molar-refractivity contribution in [3.05, 3.63) is 47.6 Å². The van der Waals surface area contributed by atoms with Crippen LogP contribution in [0.3, 0.4) is 0 Å². The van der Waals surface area contributed by atoms with Crippen molar-refractivity contribution in [3.8, 4) is 5.75 Å².